The predicted octanol–water partition coefficient (Wildman–Crippen LogP) is 4.43. The lowest BCUT2D eigenvalue weighted by molar-refractivity contribution is 0.102. The number of benzene rings is 2. The molecule has 0 bridgehead atoms. The van der Waals surface area contributed by atoms with E-state index in [1.807, 2.05) is 25.1 Å². The molecule has 0 spiro atoms. The maximum Gasteiger partial charge on any atom is 0.322 e. The van der Waals surface area contributed by atoms with Crippen molar-refractivity contribution in [3.63, 3.8) is 0 Å². The molecule has 0 fully saturated rings. The normalized spacial score (nSPS) is 10.4. The minimum Gasteiger partial charge on any atom is -0.459 e. The number of hydrogen-bond donors (Lipinski definition) is 1. The molecule has 0 aliphatic heterocycles. The molecule has 0 aliphatic rings. The summed E-state index contributed by atoms with van der Waals surface area (Å²) in [6.07, 6.45) is 1.49. The number of carbonyl (C=O) groups excluding carboxylic acids is 1. The smallest absolute Gasteiger partial charge is 0.322 e. The fraction of sp³-hybridized carbons (Fsp3) is 0.0476. The number of nitrogens with zero attached hydrogens (tertiary/aromatic N) is 3. The van der Waals surface area contributed by atoms with Crippen LogP contribution in [0, 0.1) is 18.3 Å². The van der Waals surface area contributed by atoms with Crippen molar-refractivity contribution in [2.45, 2.75) is 6.92 Å². The highest BCUT2D eigenvalue weighted by molar-refractivity contribution is 6.03. The molecule has 2 aromatic carbocycles. The summed E-state index contributed by atoms with van der Waals surface area (Å²) in [6, 6.07) is 18.1. The maximum atomic E-state index is 12.6. The second-order valence-electron chi connectivity index (χ2n) is 6.07. The average molecular weight is 370 g/mol. The lowest BCUT2D eigenvalue weighted by atomic mass is 9.97. The van der Waals surface area contributed by atoms with Crippen LogP contribution in [0.25, 0.3) is 22.8 Å². The standard InChI is InChI=1S/C21H14N4O3/c1-13-10-14(12-22)7-8-17(13)15-4-2-5-16(11-15)19(26)23-21-25-24-20(28-21)18-6-3-9-27-18/h2-11H,1H3,(H,23,25,26). The highest BCUT2D eigenvalue weighted by atomic mass is 16.4. The van der Waals surface area contributed by atoms with Crippen molar-refractivity contribution in [2.24, 2.45) is 0 Å². The fourth-order valence-electron chi connectivity index (χ4n) is 2.83. The van der Waals surface area contributed by atoms with Crippen LogP contribution in [-0.2, 0) is 0 Å². The SMILES string of the molecule is Cc1cc(C#N)ccc1-c1cccc(C(=O)Nc2nnc(-c3ccco3)o2)c1. The molecule has 7 nitrogen and oxygen atoms in total. The summed E-state index contributed by atoms with van der Waals surface area (Å²) in [6.45, 7) is 1.93. The summed E-state index contributed by atoms with van der Waals surface area (Å²) < 4.78 is 10.6. The topological polar surface area (TPSA) is 105 Å². The molecule has 0 aliphatic carbocycles. The molecule has 0 saturated carbocycles. The van der Waals surface area contributed by atoms with Gasteiger partial charge in [0.05, 0.1) is 17.9 Å². The molecule has 136 valence electrons. The van der Waals surface area contributed by atoms with E-state index in [9.17, 15) is 4.79 Å². The van der Waals surface area contributed by atoms with Gasteiger partial charge in [0.15, 0.2) is 5.76 Å². The Morgan fingerprint density at radius 1 is 1.11 bits per heavy atom. The third-order valence-corrected chi connectivity index (χ3v) is 4.17. The van der Waals surface area contributed by atoms with Gasteiger partial charge in [0.2, 0.25) is 0 Å². The van der Waals surface area contributed by atoms with E-state index in [4.69, 9.17) is 14.1 Å². The van der Waals surface area contributed by atoms with Gasteiger partial charge in [0.25, 0.3) is 11.8 Å². The molecule has 4 aromatic rings. The van der Waals surface area contributed by atoms with E-state index in [0.29, 0.717) is 16.9 Å². The summed E-state index contributed by atoms with van der Waals surface area (Å²) in [5.41, 5.74) is 3.82. The lowest BCUT2D eigenvalue weighted by Gasteiger charge is -2.08. The summed E-state index contributed by atoms with van der Waals surface area (Å²) in [7, 11) is 0. The summed E-state index contributed by atoms with van der Waals surface area (Å²) in [5.74, 6) is 0.233. The Hall–Kier alpha value is -4.18. The number of furan rings is 1. The highest BCUT2D eigenvalue weighted by Gasteiger charge is 2.15. The molecular weight excluding hydrogens is 356 g/mol. The van der Waals surface area contributed by atoms with Crippen molar-refractivity contribution < 1.29 is 13.6 Å². The van der Waals surface area contributed by atoms with Crippen molar-refractivity contribution in [1.29, 1.82) is 5.26 Å². The van der Waals surface area contributed by atoms with Gasteiger partial charge in [-0.2, -0.15) is 5.26 Å². The molecule has 2 aromatic heterocycles. The predicted molar refractivity (Wildman–Crippen MR) is 101 cm³/mol. The van der Waals surface area contributed by atoms with E-state index < -0.39 is 0 Å². The van der Waals surface area contributed by atoms with Gasteiger partial charge in [-0.3, -0.25) is 10.1 Å². The number of aromatic nitrogens is 2. The maximum absolute atomic E-state index is 12.6. The van der Waals surface area contributed by atoms with Crippen LogP contribution in [0.15, 0.2) is 69.7 Å². The van der Waals surface area contributed by atoms with Crippen LogP contribution in [0.2, 0.25) is 0 Å². The van der Waals surface area contributed by atoms with Gasteiger partial charge in [0.1, 0.15) is 0 Å². The number of carbonyl (C=O) groups is 1. The number of anilines is 1. The van der Waals surface area contributed by atoms with Gasteiger partial charge in [-0.25, -0.2) is 0 Å². The summed E-state index contributed by atoms with van der Waals surface area (Å²) in [4.78, 5) is 12.6. The van der Waals surface area contributed by atoms with E-state index >= 15 is 0 Å². The van der Waals surface area contributed by atoms with Gasteiger partial charge in [-0.05, 0) is 60.0 Å². The largest absolute Gasteiger partial charge is 0.459 e. The van der Waals surface area contributed by atoms with Crippen molar-refractivity contribution in [3.8, 4) is 28.8 Å². The van der Waals surface area contributed by atoms with Crippen LogP contribution in [0.5, 0.6) is 0 Å². The summed E-state index contributed by atoms with van der Waals surface area (Å²) >= 11 is 0. The number of amides is 1. The minimum atomic E-state index is -0.372. The third-order valence-electron chi connectivity index (χ3n) is 4.17. The van der Waals surface area contributed by atoms with E-state index in [1.165, 1.54) is 6.26 Å². The highest BCUT2D eigenvalue weighted by Crippen LogP contribution is 2.26. The molecule has 0 unspecified atom stereocenters. The van der Waals surface area contributed by atoms with E-state index in [-0.39, 0.29) is 17.8 Å². The molecule has 7 heteroatoms. The molecule has 28 heavy (non-hydrogen) atoms. The van der Waals surface area contributed by atoms with Crippen molar-refractivity contribution in [3.05, 3.63) is 77.6 Å². The zero-order chi connectivity index (χ0) is 19.5. The first kappa shape index (κ1) is 17.2. The van der Waals surface area contributed by atoms with Gasteiger partial charge < -0.3 is 8.83 Å². The van der Waals surface area contributed by atoms with Crippen molar-refractivity contribution >= 4 is 11.9 Å². The second-order valence-corrected chi connectivity index (χ2v) is 6.07. The van der Waals surface area contributed by atoms with Crippen LogP contribution >= 0.6 is 0 Å². The van der Waals surface area contributed by atoms with E-state index in [2.05, 4.69) is 21.6 Å². The molecule has 2 heterocycles. The Bertz CT molecular complexity index is 1190. The Balaban J connectivity index is 1.56. The second kappa shape index (κ2) is 7.21. The fourth-order valence-corrected chi connectivity index (χ4v) is 2.83. The Labute approximate surface area is 160 Å². The number of hydrogen-bond acceptors (Lipinski definition) is 6. The molecule has 4 rings (SSSR count). The van der Waals surface area contributed by atoms with Gasteiger partial charge >= 0.3 is 6.01 Å². The quantitative estimate of drug-likeness (QED) is 0.570. The monoisotopic (exact) mass is 370 g/mol. The molecule has 0 saturated heterocycles. The number of rotatable bonds is 4. The minimum absolute atomic E-state index is 0.0173. The van der Waals surface area contributed by atoms with Crippen molar-refractivity contribution in [2.75, 3.05) is 5.32 Å². The zero-order valence-corrected chi connectivity index (χ0v) is 14.8. The Morgan fingerprint density at radius 2 is 2.00 bits per heavy atom. The first-order valence-electron chi connectivity index (χ1n) is 8.44. The van der Waals surface area contributed by atoms with Gasteiger partial charge in [-0.1, -0.05) is 23.3 Å². The van der Waals surface area contributed by atoms with Gasteiger partial charge in [-0.15, -0.1) is 5.10 Å². The van der Waals surface area contributed by atoms with Crippen molar-refractivity contribution in [1.82, 2.24) is 10.2 Å². The van der Waals surface area contributed by atoms with Crippen LogP contribution in [0.4, 0.5) is 6.01 Å². The third kappa shape index (κ3) is 3.39. The number of nitriles is 1. The number of aryl methyl sites for hydroxylation is 1. The van der Waals surface area contributed by atoms with Crippen LogP contribution < -0.4 is 5.32 Å². The lowest BCUT2D eigenvalue weighted by Crippen LogP contribution is -2.12. The van der Waals surface area contributed by atoms with Crippen LogP contribution in [0.1, 0.15) is 21.5 Å². The van der Waals surface area contributed by atoms with E-state index in [1.54, 1.807) is 36.4 Å². The molecule has 1 N–H and O–H groups in total. The molecule has 1 amide bonds. The van der Waals surface area contributed by atoms with Crippen LogP contribution in [-0.4, -0.2) is 16.1 Å². The molecule has 0 radical (unpaired) electrons. The first-order chi connectivity index (χ1) is 13.6. The average Bonchev–Trinajstić information content (AvgIpc) is 3.39. The Kier molecular flexibility index (Phi) is 4.44. The van der Waals surface area contributed by atoms with Crippen LogP contribution in [0.3, 0.4) is 0 Å². The Morgan fingerprint density at radius 3 is 2.75 bits per heavy atom. The first-order valence-corrected chi connectivity index (χ1v) is 8.44. The number of nitrogens with one attached hydrogen (secondary N) is 1. The summed E-state index contributed by atoms with van der Waals surface area (Å²) in [5, 5.41) is 19.3. The van der Waals surface area contributed by atoms with Gasteiger partial charge in [0, 0.05) is 5.56 Å². The zero-order valence-electron chi connectivity index (χ0n) is 14.8. The van der Waals surface area contributed by atoms with E-state index in [0.717, 1.165) is 16.7 Å². The molecule has 0 atom stereocenters. The molecular formula is C21H14N4O3.